The van der Waals surface area contributed by atoms with Gasteiger partial charge in [-0.15, -0.1) is 12.4 Å². The average Bonchev–Trinajstić information content (AvgIpc) is 2.68. The lowest BCUT2D eigenvalue weighted by Gasteiger charge is -2.12. The van der Waals surface area contributed by atoms with Gasteiger partial charge in [0, 0.05) is 22.5 Å². The van der Waals surface area contributed by atoms with Gasteiger partial charge in [-0.3, -0.25) is 10.1 Å². The van der Waals surface area contributed by atoms with E-state index in [2.05, 4.69) is 26.6 Å². The minimum absolute atomic E-state index is 0. The summed E-state index contributed by atoms with van der Waals surface area (Å²) < 4.78 is 26.8. The van der Waals surface area contributed by atoms with E-state index in [1.54, 1.807) is 18.2 Å². The van der Waals surface area contributed by atoms with Crippen LogP contribution in [-0.4, -0.2) is 24.4 Å². The van der Waals surface area contributed by atoms with Crippen LogP contribution in [0.15, 0.2) is 22.7 Å². The van der Waals surface area contributed by atoms with Crippen molar-refractivity contribution in [1.82, 2.24) is 10.6 Å². The van der Waals surface area contributed by atoms with Gasteiger partial charge in [-0.05, 0) is 17.7 Å². The predicted molar refractivity (Wildman–Crippen MR) is 79.6 cm³/mol. The molecule has 0 aromatic heterocycles. The molecule has 0 aliphatic carbocycles. The van der Waals surface area contributed by atoms with Gasteiger partial charge in [0.05, 0.1) is 12.6 Å². The number of hydrogen-bond acceptors (Lipinski definition) is 2. The highest BCUT2D eigenvalue weighted by Crippen LogP contribution is 2.25. The van der Waals surface area contributed by atoms with Crippen molar-refractivity contribution in [2.45, 2.75) is 24.9 Å². The molecule has 0 bridgehead atoms. The van der Waals surface area contributed by atoms with Gasteiger partial charge < -0.3 is 5.32 Å². The van der Waals surface area contributed by atoms with Crippen LogP contribution in [0.4, 0.5) is 8.78 Å². The molecule has 1 aliphatic heterocycles. The Balaban J connectivity index is 0.00000200. The zero-order valence-corrected chi connectivity index (χ0v) is 13.4. The number of amides is 1. The highest BCUT2D eigenvalue weighted by Gasteiger charge is 2.42. The predicted octanol–water partition coefficient (Wildman–Crippen LogP) is 3.14. The van der Waals surface area contributed by atoms with E-state index in [4.69, 9.17) is 11.6 Å². The van der Waals surface area contributed by atoms with Crippen molar-refractivity contribution in [3.63, 3.8) is 0 Å². The molecule has 0 radical (unpaired) electrons. The Morgan fingerprint density at radius 1 is 1.55 bits per heavy atom. The summed E-state index contributed by atoms with van der Waals surface area (Å²) in [6.45, 7) is -0.237. The van der Waals surface area contributed by atoms with Gasteiger partial charge in [0.15, 0.2) is 0 Å². The van der Waals surface area contributed by atoms with Crippen LogP contribution in [0.5, 0.6) is 0 Å². The van der Waals surface area contributed by atoms with Crippen LogP contribution < -0.4 is 10.6 Å². The molecule has 1 unspecified atom stereocenters. The molecule has 8 heteroatoms. The third-order valence-electron chi connectivity index (χ3n) is 2.89. The van der Waals surface area contributed by atoms with Gasteiger partial charge in [0.1, 0.15) is 0 Å². The first-order chi connectivity index (χ1) is 8.87. The summed E-state index contributed by atoms with van der Waals surface area (Å²) in [6.07, 6.45) is -0.465. The largest absolute Gasteiger partial charge is 0.351 e. The molecule has 3 nitrogen and oxygen atoms in total. The summed E-state index contributed by atoms with van der Waals surface area (Å²) in [5.41, 5.74) is 0.739. The number of nitrogens with one attached hydrogen (secondary N) is 2. The Morgan fingerprint density at radius 3 is 2.80 bits per heavy atom. The van der Waals surface area contributed by atoms with Gasteiger partial charge in [0.2, 0.25) is 5.91 Å². The molecule has 1 aromatic rings. The molecule has 2 N–H and O–H groups in total. The van der Waals surface area contributed by atoms with Crippen LogP contribution in [0, 0.1) is 0 Å². The fourth-order valence-corrected chi connectivity index (χ4v) is 2.61. The average molecular weight is 390 g/mol. The van der Waals surface area contributed by atoms with E-state index in [-0.39, 0.29) is 19.0 Å². The molecule has 112 valence electrons. The molecule has 0 saturated carbocycles. The lowest BCUT2D eigenvalue weighted by Crippen LogP contribution is -2.40. The maximum Gasteiger partial charge on any atom is 0.262 e. The van der Waals surface area contributed by atoms with Crippen molar-refractivity contribution < 1.29 is 13.6 Å². The molecule has 1 saturated heterocycles. The zero-order chi connectivity index (χ0) is 14.0. The lowest BCUT2D eigenvalue weighted by atomic mass is 10.1. The third kappa shape index (κ3) is 4.55. The van der Waals surface area contributed by atoms with E-state index < -0.39 is 30.8 Å². The van der Waals surface area contributed by atoms with Crippen molar-refractivity contribution in [1.29, 1.82) is 0 Å². The van der Waals surface area contributed by atoms with Crippen molar-refractivity contribution in [3.05, 3.63) is 33.3 Å². The van der Waals surface area contributed by atoms with Crippen molar-refractivity contribution in [2.24, 2.45) is 0 Å². The smallest absolute Gasteiger partial charge is 0.262 e. The number of carbonyl (C=O) groups is 1. The maximum atomic E-state index is 13.0. The minimum Gasteiger partial charge on any atom is -0.351 e. The molecule has 2 rings (SSSR count). The first-order valence-corrected chi connectivity index (χ1v) is 6.87. The number of rotatable bonds is 3. The topological polar surface area (TPSA) is 41.1 Å². The van der Waals surface area contributed by atoms with Gasteiger partial charge in [0.25, 0.3) is 5.92 Å². The molecule has 1 atom stereocenters. The number of halogens is 5. The number of alkyl halides is 2. The van der Waals surface area contributed by atoms with Crippen LogP contribution in [0.2, 0.25) is 5.02 Å². The van der Waals surface area contributed by atoms with Gasteiger partial charge in [-0.2, -0.15) is 0 Å². The molecule has 1 heterocycles. The molecule has 1 aromatic carbocycles. The highest BCUT2D eigenvalue weighted by molar-refractivity contribution is 9.10. The first-order valence-electron chi connectivity index (χ1n) is 5.70. The van der Waals surface area contributed by atoms with Crippen LogP contribution >= 0.6 is 39.9 Å². The second-order valence-corrected chi connectivity index (χ2v) is 5.77. The van der Waals surface area contributed by atoms with E-state index in [1.807, 2.05) is 0 Å². The van der Waals surface area contributed by atoms with Crippen molar-refractivity contribution >= 4 is 45.8 Å². The first kappa shape index (κ1) is 17.6. The third-order valence-corrected chi connectivity index (χ3v) is 3.74. The quantitative estimate of drug-likeness (QED) is 0.833. The Labute approximate surface area is 135 Å². The van der Waals surface area contributed by atoms with E-state index in [0.29, 0.717) is 5.02 Å². The second kappa shape index (κ2) is 7.02. The van der Waals surface area contributed by atoms with Gasteiger partial charge in [-0.25, -0.2) is 8.78 Å². The van der Waals surface area contributed by atoms with E-state index >= 15 is 0 Å². The summed E-state index contributed by atoms with van der Waals surface area (Å²) in [5, 5.41) is 5.62. The van der Waals surface area contributed by atoms with E-state index in [9.17, 15) is 13.6 Å². The summed E-state index contributed by atoms with van der Waals surface area (Å²) in [4.78, 5) is 11.7. The molecule has 1 aliphatic rings. The van der Waals surface area contributed by atoms with Crippen LogP contribution in [0.1, 0.15) is 12.0 Å². The molecule has 1 fully saturated rings. The molecule has 1 amide bonds. The lowest BCUT2D eigenvalue weighted by molar-refractivity contribution is -0.123. The summed E-state index contributed by atoms with van der Waals surface area (Å²) >= 11 is 9.28. The number of carbonyl (C=O) groups excluding carboxylic acids is 1. The van der Waals surface area contributed by atoms with E-state index in [1.165, 1.54) is 0 Å². The standard InChI is InChI=1S/C12H12BrClF2N2O.ClH/c13-8-2-1-7(9(14)3-8)5-17-11(19)10-4-12(15,16)6-18-10;/h1-3,10,18H,4-6H2,(H,17,19);1H. The Hall–Kier alpha value is -0.430. The van der Waals surface area contributed by atoms with Gasteiger partial charge >= 0.3 is 0 Å². The second-order valence-electron chi connectivity index (χ2n) is 4.45. The van der Waals surface area contributed by atoms with Crippen LogP contribution in [0.25, 0.3) is 0 Å². The van der Waals surface area contributed by atoms with Crippen LogP contribution in [0.3, 0.4) is 0 Å². The summed E-state index contributed by atoms with van der Waals surface area (Å²) in [6, 6.07) is 4.44. The minimum atomic E-state index is -2.81. The highest BCUT2D eigenvalue weighted by atomic mass is 79.9. The molecule has 0 spiro atoms. The summed E-state index contributed by atoms with van der Waals surface area (Å²) in [7, 11) is 0. The van der Waals surface area contributed by atoms with Crippen LogP contribution in [-0.2, 0) is 11.3 Å². The monoisotopic (exact) mass is 388 g/mol. The maximum absolute atomic E-state index is 13.0. The Bertz CT molecular complexity index is 502. The fourth-order valence-electron chi connectivity index (χ4n) is 1.87. The number of benzene rings is 1. The van der Waals surface area contributed by atoms with Crippen molar-refractivity contribution in [2.75, 3.05) is 6.54 Å². The Kier molecular flexibility index (Phi) is 6.19. The SMILES string of the molecule is Cl.O=C(NCc1ccc(Br)cc1Cl)C1CC(F)(F)CN1. The fraction of sp³-hybridized carbons (Fsp3) is 0.417. The van der Waals surface area contributed by atoms with E-state index in [0.717, 1.165) is 10.0 Å². The normalized spacial score (nSPS) is 20.3. The van der Waals surface area contributed by atoms with Crippen molar-refractivity contribution in [3.8, 4) is 0 Å². The molecule has 20 heavy (non-hydrogen) atoms. The summed E-state index contributed by atoms with van der Waals surface area (Å²) in [5.74, 6) is -3.24. The number of hydrogen-bond donors (Lipinski definition) is 2. The molecular formula is C12H13BrCl2F2N2O. The van der Waals surface area contributed by atoms with Gasteiger partial charge in [-0.1, -0.05) is 33.6 Å². The Morgan fingerprint density at radius 2 is 2.25 bits per heavy atom. The molecular weight excluding hydrogens is 377 g/mol. The zero-order valence-electron chi connectivity index (χ0n) is 10.3.